The Bertz CT molecular complexity index is 1290. The minimum absolute atomic E-state index is 0.000474. The van der Waals surface area contributed by atoms with Crippen molar-refractivity contribution in [3.63, 3.8) is 0 Å². The molecule has 0 aliphatic heterocycles. The summed E-state index contributed by atoms with van der Waals surface area (Å²) in [5, 5.41) is 16.1. The third-order valence-corrected chi connectivity index (χ3v) is 9.23. The molecule has 2 atom stereocenters. The first-order chi connectivity index (χ1) is 29.7. The van der Waals surface area contributed by atoms with Crippen molar-refractivity contribution in [1.29, 1.82) is 0 Å². The van der Waals surface area contributed by atoms with Gasteiger partial charge in [-0.3, -0.25) is 9.59 Å². The average Bonchev–Trinajstić information content (AvgIpc) is 3.22. The Morgan fingerprint density at radius 3 is 1.10 bits per heavy atom. The Labute approximate surface area is 368 Å². The highest BCUT2D eigenvalue weighted by Gasteiger charge is 2.23. The van der Waals surface area contributed by atoms with Crippen LogP contribution in [0.4, 0.5) is 9.59 Å². The van der Waals surface area contributed by atoms with Gasteiger partial charge in [0.25, 0.3) is 0 Å². The molecule has 18 heteroatoms. The van der Waals surface area contributed by atoms with Crippen molar-refractivity contribution in [2.75, 3.05) is 52.6 Å². The van der Waals surface area contributed by atoms with Gasteiger partial charge in [-0.05, 0) is 79.1 Å². The Balaban J connectivity index is 3.93. The Kier molecular flexibility index (Phi) is 34.5. The van der Waals surface area contributed by atoms with Crippen LogP contribution in [0, 0.1) is 0 Å². The lowest BCUT2D eigenvalue weighted by Gasteiger charge is -2.18. The maximum atomic E-state index is 12.3. The Morgan fingerprint density at radius 2 is 0.774 bits per heavy atom. The minimum atomic E-state index is -0.839. The maximum absolute atomic E-state index is 12.3. The van der Waals surface area contributed by atoms with Crippen LogP contribution in [-0.2, 0) is 47.7 Å². The quantitative estimate of drug-likeness (QED) is 0.0210. The van der Waals surface area contributed by atoms with Gasteiger partial charge < -0.3 is 50.8 Å². The highest BCUT2D eigenvalue weighted by molar-refractivity contribution is 5.87. The molecule has 0 rings (SSSR count). The molecule has 0 fully saturated rings. The fraction of sp³-hybridized carbons (Fsp3) is 0.727. The van der Waals surface area contributed by atoms with E-state index in [1.807, 2.05) is 0 Å². The predicted molar refractivity (Wildman–Crippen MR) is 235 cm³/mol. The highest BCUT2D eigenvalue weighted by Crippen LogP contribution is 2.12. The first-order valence-corrected chi connectivity index (χ1v) is 22.3. The number of carbonyl (C=O) groups excluding carboxylic acids is 8. The molecule has 6 N–H and O–H groups in total. The van der Waals surface area contributed by atoms with Crippen LogP contribution >= 0.6 is 0 Å². The van der Waals surface area contributed by atoms with Crippen LogP contribution < -0.4 is 31.9 Å². The van der Waals surface area contributed by atoms with E-state index >= 15 is 0 Å². The molecule has 0 spiro atoms. The van der Waals surface area contributed by atoms with Gasteiger partial charge in [0.05, 0.1) is 26.3 Å². The molecule has 0 aromatic rings. The largest absolute Gasteiger partial charge is 0.464 e. The molecule has 6 amide bonds. The van der Waals surface area contributed by atoms with Gasteiger partial charge in [-0.1, -0.05) is 64.5 Å². The monoisotopic (exact) mass is 881 g/mol. The number of ether oxygens (including phenoxy) is 4. The fourth-order valence-corrected chi connectivity index (χ4v) is 5.83. The molecule has 0 aromatic carbocycles. The summed E-state index contributed by atoms with van der Waals surface area (Å²) in [6, 6.07) is -2.83. The summed E-state index contributed by atoms with van der Waals surface area (Å²) in [6.45, 7) is 14.8. The number of nitrogens with one attached hydrogen (secondary N) is 6. The van der Waals surface area contributed by atoms with Crippen molar-refractivity contribution < 1.29 is 57.3 Å². The molecule has 0 saturated carbocycles. The van der Waals surface area contributed by atoms with Crippen LogP contribution in [0.2, 0.25) is 0 Å². The summed E-state index contributed by atoms with van der Waals surface area (Å²) in [6.07, 6.45) is 14.4. The molecule has 354 valence electrons. The van der Waals surface area contributed by atoms with E-state index in [0.29, 0.717) is 64.5 Å². The zero-order chi connectivity index (χ0) is 46.4. The first-order valence-electron chi connectivity index (χ1n) is 22.3. The number of urea groups is 2. The second kappa shape index (κ2) is 37.6. The van der Waals surface area contributed by atoms with Gasteiger partial charge in [0, 0.05) is 37.1 Å². The van der Waals surface area contributed by atoms with Crippen LogP contribution in [0.15, 0.2) is 24.3 Å². The number of unbranched alkanes of at least 4 members (excludes halogenated alkanes) is 11. The summed E-state index contributed by atoms with van der Waals surface area (Å²) in [7, 11) is 0. The molecule has 0 unspecified atom stereocenters. The number of carbonyl (C=O) groups is 8. The third-order valence-electron chi connectivity index (χ3n) is 9.23. The van der Waals surface area contributed by atoms with Crippen molar-refractivity contribution in [2.24, 2.45) is 0 Å². The molecule has 18 nitrogen and oxygen atoms in total. The predicted octanol–water partition coefficient (Wildman–Crippen LogP) is 4.94. The van der Waals surface area contributed by atoms with Crippen LogP contribution in [0.25, 0.3) is 0 Å². The molecule has 0 aliphatic carbocycles. The zero-order valence-electron chi connectivity index (χ0n) is 37.9. The summed E-state index contributed by atoms with van der Waals surface area (Å²) < 4.78 is 20.0. The molecule has 0 saturated heterocycles. The number of hydrogen-bond acceptors (Lipinski definition) is 12. The normalized spacial score (nSPS) is 11.5. The summed E-state index contributed by atoms with van der Waals surface area (Å²) in [5.74, 6) is -2.17. The van der Waals surface area contributed by atoms with Crippen LogP contribution in [-0.4, -0.2) is 112 Å². The smallest absolute Gasteiger partial charge is 0.333 e. The molecule has 62 heavy (non-hydrogen) atoms. The van der Waals surface area contributed by atoms with E-state index < -0.39 is 48.0 Å². The van der Waals surface area contributed by atoms with Gasteiger partial charge in [0.15, 0.2) is 0 Å². The van der Waals surface area contributed by atoms with Crippen molar-refractivity contribution in [1.82, 2.24) is 31.9 Å². The van der Waals surface area contributed by atoms with Crippen molar-refractivity contribution in [3.05, 3.63) is 24.3 Å². The number of hydrogen-bond donors (Lipinski definition) is 6. The van der Waals surface area contributed by atoms with Crippen LogP contribution in [0.3, 0.4) is 0 Å². The topological polar surface area (TPSA) is 246 Å². The molecular formula is C44H76N6O12. The van der Waals surface area contributed by atoms with E-state index in [0.717, 1.165) is 64.2 Å². The van der Waals surface area contributed by atoms with E-state index in [1.165, 1.54) is 13.8 Å². The van der Waals surface area contributed by atoms with E-state index in [1.54, 1.807) is 13.8 Å². The molecule has 0 aliphatic rings. The van der Waals surface area contributed by atoms with Gasteiger partial charge in [0.2, 0.25) is 11.8 Å². The summed E-state index contributed by atoms with van der Waals surface area (Å²) >= 11 is 0. The average molecular weight is 881 g/mol. The summed E-state index contributed by atoms with van der Waals surface area (Å²) in [5.41, 5.74) is 0.516. The second-order valence-electron chi connectivity index (χ2n) is 15.0. The maximum Gasteiger partial charge on any atom is 0.333 e. The van der Waals surface area contributed by atoms with Crippen molar-refractivity contribution in [3.8, 4) is 0 Å². The highest BCUT2D eigenvalue weighted by atomic mass is 16.5. The number of rotatable bonds is 37. The van der Waals surface area contributed by atoms with Crippen molar-refractivity contribution >= 4 is 47.8 Å². The standard InChI is InChI=1S/C44H76N6O12/c1-7-59-41(55)35(49-43(57)47-29-31-61-39(53)33(3)4)23-19-21-27-45-37(51)25-17-15-13-11-9-10-12-14-16-18-26-38(52)46-28-22-20-24-36(42(56)60-8-2)50-44(58)48-30-32-62-40(54)34(5)6/h35-36H,3,5,7-32H2,1-2,4,6H3,(H,45,51)(H,46,52)(H2,47,49,57)(H2,48,50,58)/t35-,36-/m0/s1. The van der Waals surface area contributed by atoms with E-state index in [-0.39, 0.29) is 62.5 Å². The van der Waals surface area contributed by atoms with Crippen LogP contribution in [0.5, 0.6) is 0 Å². The Hall–Kier alpha value is -5.16. The Morgan fingerprint density at radius 1 is 0.435 bits per heavy atom. The number of esters is 4. The minimum Gasteiger partial charge on any atom is -0.464 e. The molecule has 0 radical (unpaired) electrons. The molecule has 0 aromatic heterocycles. The number of amides is 6. The van der Waals surface area contributed by atoms with Gasteiger partial charge in [-0.2, -0.15) is 0 Å². The first kappa shape index (κ1) is 56.8. The van der Waals surface area contributed by atoms with E-state index in [2.05, 4.69) is 45.1 Å². The fourth-order valence-electron chi connectivity index (χ4n) is 5.83. The van der Waals surface area contributed by atoms with Gasteiger partial charge in [-0.15, -0.1) is 0 Å². The van der Waals surface area contributed by atoms with Gasteiger partial charge in [-0.25, -0.2) is 28.8 Å². The van der Waals surface area contributed by atoms with Crippen molar-refractivity contribution in [2.45, 2.75) is 155 Å². The molecule has 0 heterocycles. The lowest BCUT2D eigenvalue weighted by molar-refractivity contribution is -0.146. The third kappa shape index (κ3) is 32.6. The van der Waals surface area contributed by atoms with E-state index in [9.17, 15) is 38.4 Å². The van der Waals surface area contributed by atoms with Crippen LogP contribution in [0.1, 0.15) is 143 Å². The SMILES string of the molecule is C=C(C)C(=O)OCCNC(=O)N[C@@H](CCCCNC(=O)CCCCCCCCCCCCC(=O)NCCCC[C@H](NC(=O)NCCOC(=O)C(=C)C)C(=O)OCC)C(=O)OCC. The van der Waals surface area contributed by atoms with E-state index in [4.69, 9.17) is 18.9 Å². The second-order valence-corrected chi connectivity index (χ2v) is 15.0. The molecular weight excluding hydrogens is 805 g/mol. The summed E-state index contributed by atoms with van der Waals surface area (Å²) in [4.78, 5) is 96.5. The zero-order valence-corrected chi connectivity index (χ0v) is 37.9. The van der Waals surface area contributed by atoms with Gasteiger partial charge >= 0.3 is 35.9 Å². The lowest BCUT2D eigenvalue weighted by Crippen LogP contribution is -2.47. The lowest BCUT2D eigenvalue weighted by atomic mass is 10.0. The van der Waals surface area contributed by atoms with Gasteiger partial charge in [0.1, 0.15) is 25.3 Å². The molecule has 0 bridgehead atoms.